The van der Waals surface area contributed by atoms with Crippen LogP contribution in [0.25, 0.3) is 0 Å². The normalized spacial score (nSPS) is 17.2. The molecule has 1 fully saturated rings. The van der Waals surface area contributed by atoms with Crippen LogP contribution in [-0.4, -0.2) is 44.9 Å². The first kappa shape index (κ1) is 30.7. The summed E-state index contributed by atoms with van der Waals surface area (Å²) < 4.78 is 20.3. The van der Waals surface area contributed by atoms with E-state index in [4.69, 9.17) is 4.74 Å². The van der Waals surface area contributed by atoms with Gasteiger partial charge in [0, 0.05) is 36.8 Å². The second-order valence-corrected chi connectivity index (χ2v) is 12.7. The third-order valence-corrected chi connectivity index (χ3v) is 6.96. The van der Waals surface area contributed by atoms with Gasteiger partial charge in [0.25, 0.3) is 0 Å². The number of anilines is 1. The Hall–Kier alpha value is -4.21. The highest BCUT2D eigenvalue weighted by atomic mass is 19.1. The quantitative estimate of drug-likeness (QED) is 0.318. The number of benzene rings is 2. The minimum atomic E-state index is -0.796. The van der Waals surface area contributed by atoms with Gasteiger partial charge in [-0.2, -0.15) is 5.10 Å². The summed E-state index contributed by atoms with van der Waals surface area (Å²) in [5.41, 5.74) is 2.08. The van der Waals surface area contributed by atoms with E-state index in [1.54, 1.807) is 63.0 Å². The first-order valence-corrected chi connectivity index (χ1v) is 14.1. The van der Waals surface area contributed by atoms with Crippen LogP contribution in [0.3, 0.4) is 0 Å². The lowest BCUT2D eigenvalue weighted by Gasteiger charge is -2.29. The Bertz CT molecular complexity index is 1410. The lowest BCUT2D eigenvalue weighted by atomic mass is 9.94. The van der Waals surface area contributed by atoms with Crippen LogP contribution in [0.5, 0.6) is 0 Å². The summed E-state index contributed by atoms with van der Waals surface area (Å²) in [5.74, 6) is -1.03. The van der Waals surface area contributed by atoms with Crippen LogP contribution in [0.15, 0.2) is 60.9 Å². The third-order valence-electron chi connectivity index (χ3n) is 6.96. The van der Waals surface area contributed by atoms with E-state index in [0.717, 1.165) is 16.7 Å². The van der Waals surface area contributed by atoms with E-state index in [-0.39, 0.29) is 29.5 Å². The molecule has 4 rings (SSSR count). The maximum Gasteiger partial charge on any atom is 0.412 e. The predicted molar refractivity (Wildman–Crippen MR) is 158 cm³/mol. The van der Waals surface area contributed by atoms with Crippen LogP contribution in [0.4, 0.5) is 14.9 Å². The van der Waals surface area contributed by atoms with Crippen LogP contribution in [-0.2, 0) is 34.2 Å². The predicted octanol–water partition coefficient (Wildman–Crippen LogP) is 4.87. The molecule has 1 aromatic heterocycles. The van der Waals surface area contributed by atoms with Crippen LogP contribution < -0.4 is 16.0 Å². The van der Waals surface area contributed by atoms with Crippen LogP contribution in [0.1, 0.15) is 63.6 Å². The molecule has 3 aromatic rings. The second kappa shape index (κ2) is 12.3. The van der Waals surface area contributed by atoms with Crippen LogP contribution in [0.2, 0.25) is 0 Å². The molecule has 9 nitrogen and oxygen atoms in total. The third kappa shape index (κ3) is 8.89. The van der Waals surface area contributed by atoms with Crippen molar-refractivity contribution in [1.82, 2.24) is 20.4 Å². The monoisotopic (exact) mass is 577 g/mol. The summed E-state index contributed by atoms with van der Waals surface area (Å²) in [6, 6.07) is 12.8. The van der Waals surface area contributed by atoms with Crippen molar-refractivity contribution in [1.29, 1.82) is 0 Å². The molecule has 1 aliphatic rings. The molecule has 0 aliphatic heterocycles. The Morgan fingerprint density at radius 1 is 1.02 bits per heavy atom. The zero-order chi connectivity index (χ0) is 30.7. The topological polar surface area (TPSA) is 114 Å². The number of amides is 3. The Morgan fingerprint density at radius 2 is 1.69 bits per heavy atom. The maximum absolute atomic E-state index is 13.5. The van der Waals surface area contributed by atoms with E-state index in [9.17, 15) is 18.8 Å². The maximum atomic E-state index is 13.5. The minimum Gasteiger partial charge on any atom is -0.444 e. The fourth-order valence-electron chi connectivity index (χ4n) is 4.97. The average molecular weight is 578 g/mol. The molecule has 1 saturated carbocycles. The van der Waals surface area contributed by atoms with Crippen molar-refractivity contribution in [2.75, 3.05) is 5.32 Å². The zero-order valence-electron chi connectivity index (χ0n) is 25.0. The van der Waals surface area contributed by atoms with Crippen molar-refractivity contribution in [3.8, 4) is 0 Å². The molecule has 0 radical (unpaired) electrons. The number of carbonyl (C=O) groups excluding carboxylic acids is 3. The molecule has 0 spiro atoms. The first-order chi connectivity index (χ1) is 19.7. The molecular weight excluding hydrogens is 537 g/mol. The summed E-state index contributed by atoms with van der Waals surface area (Å²) in [4.78, 5) is 38.9. The number of halogens is 1. The molecule has 1 heterocycles. The van der Waals surface area contributed by atoms with Gasteiger partial charge in [-0.3, -0.25) is 19.6 Å². The Labute approximate surface area is 246 Å². The van der Waals surface area contributed by atoms with Gasteiger partial charge in [0.2, 0.25) is 11.8 Å². The highest BCUT2D eigenvalue weighted by Gasteiger charge is 2.45. The van der Waals surface area contributed by atoms with E-state index in [1.807, 2.05) is 32.2 Å². The number of ether oxygens (including phenoxy) is 1. The number of nitrogens with zero attached hydrogens (tertiary/aromatic N) is 2. The summed E-state index contributed by atoms with van der Waals surface area (Å²) in [6.07, 6.45) is 4.43. The highest BCUT2D eigenvalue weighted by molar-refractivity contribution is 5.91. The smallest absolute Gasteiger partial charge is 0.412 e. The molecule has 0 saturated heterocycles. The van der Waals surface area contributed by atoms with E-state index < -0.39 is 23.3 Å². The molecule has 0 unspecified atom stereocenters. The fourth-order valence-corrected chi connectivity index (χ4v) is 4.97. The van der Waals surface area contributed by atoms with Gasteiger partial charge in [0.05, 0.1) is 6.20 Å². The first-order valence-electron chi connectivity index (χ1n) is 14.1. The number of hydrogen-bond donors (Lipinski definition) is 3. The van der Waals surface area contributed by atoms with Crippen molar-refractivity contribution in [3.63, 3.8) is 0 Å². The fraction of sp³-hybridized carbons (Fsp3) is 0.438. The molecule has 224 valence electrons. The molecule has 3 amide bonds. The van der Waals surface area contributed by atoms with Crippen molar-refractivity contribution >= 4 is 23.6 Å². The largest absolute Gasteiger partial charge is 0.444 e. The second-order valence-electron chi connectivity index (χ2n) is 12.7. The lowest BCUT2D eigenvalue weighted by Crippen LogP contribution is -2.55. The van der Waals surface area contributed by atoms with Crippen LogP contribution >= 0.6 is 0 Å². The number of hydrogen-bond acceptors (Lipinski definition) is 5. The van der Waals surface area contributed by atoms with E-state index in [1.165, 1.54) is 12.1 Å². The van der Waals surface area contributed by atoms with Crippen molar-refractivity contribution in [3.05, 3.63) is 83.4 Å². The highest BCUT2D eigenvalue weighted by Crippen LogP contribution is 2.47. The van der Waals surface area contributed by atoms with Crippen molar-refractivity contribution in [2.45, 2.75) is 77.0 Å². The summed E-state index contributed by atoms with van der Waals surface area (Å²) in [6.45, 7) is 9.19. The van der Waals surface area contributed by atoms with Gasteiger partial charge >= 0.3 is 6.09 Å². The molecule has 1 aliphatic carbocycles. The van der Waals surface area contributed by atoms with Gasteiger partial charge in [-0.25, -0.2) is 9.18 Å². The molecule has 2 aromatic carbocycles. The van der Waals surface area contributed by atoms with Gasteiger partial charge in [-0.15, -0.1) is 0 Å². The molecule has 0 bridgehead atoms. The van der Waals surface area contributed by atoms with Crippen LogP contribution in [0, 0.1) is 11.7 Å². The van der Waals surface area contributed by atoms with Gasteiger partial charge in [-0.05, 0) is 94.3 Å². The van der Waals surface area contributed by atoms with Gasteiger partial charge < -0.3 is 15.4 Å². The minimum absolute atomic E-state index is 0.0256. The van der Waals surface area contributed by atoms with Gasteiger partial charge in [0.15, 0.2) is 0 Å². The Balaban J connectivity index is 1.38. The lowest BCUT2D eigenvalue weighted by molar-refractivity contribution is -0.130. The number of aromatic nitrogens is 2. The Morgan fingerprint density at radius 3 is 2.29 bits per heavy atom. The average Bonchev–Trinajstić information content (AvgIpc) is 3.58. The van der Waals surface area contributed by atoms with E-state index in [2.05, 4.69) is 21.0 Å². The number of rotatable bonds is 10. The standard InChI is InChI=1S/C32H40FN5O4/c1-31(2,3)42-30(41)35-24-13-9-22(10-14-24)25-16-26(25)28(39)36-27(15-21-18-34-38(6)19-21)29(40)37-32(4,5)17-20-7-11-23(33)12-8-20/h7-14,18-19,25-27H,15-17H2,1-6H3,(H,35,41)(H,36,39)(H,37,40)/t25-,26+,27-/m1/s1. The number of nitrogens with one attached hydrogen (secondary N) is 3. The Kier molecular flexibility index (Phi) is 9.03. The van der Waals surface area contributed by atoms with Gasteiger partial charge in [-0.1, -0.05) is 24.3 Å². The summed E-state index contributed by atoms with van der Waals surface area (Å²) in [7, 11) is 1.80. The molecule has 42 heavy (non-hydrogen) atoms. The molecular formula is C32H40FN5O4. The number of carbonyl (C=O) groups is 3. The number of aryl methyl sites for hydroxylation is 1. The molecule has 10 heteroatoms. The van der Waals surface area contributed by atoms with Crippen molar-refractivity contribution in [2.24, 2.45) is 13.0 Å². The zero-order valence-corrected chi connectivity index (χ0v) is 25.0. The van der Waals surface area contributed by atoms with Gasteiger partial charge in [0.1, 0.15) is 17.5 Å². The SMILES string of the molecule is Cn1cc(C[C@@H](NC(=O)[C@H]2C[C@@H]2c2ccc(NC(=O)OC(C)(C)C)cc2)C(=O)NC(C)(C)Cc2ccc(F)cc2)cn1. The molecule has 3 N–H and O–H groups in total. The summed E-state index contributed by atoms with van der Waals surface area (Å²) in [5, 5.41) is 13.0. The van der Waals surface area contributed by atoms with E-state index >= 15 is 0 Å². The molecule has 3 atom stereocenters. The summed E-state index contributed by atoms with van der Waals surface area (Å²) >= 11 is 0. The van der Waals surface area contributed by atoms with Crippen molar-refractivity contribution < 1.29 is 23.5 Å². The van der Waals surface area contributed by atoms with E-state index in [0.29, 0.717) is 24.9 Å².